The second-order valence-electron chi connectivity index (χ2n) is 5.02. The van der Waals surface area contributed by atoms with Gasteiger partial charge in [0.05, 0.1) is 6.10 Å². The van der Waals surface area contributed by atoms with Crippen LogP contribution in [-0.2, 0) is 0 Å². The minimum absolute atomic E-state index is 0.00276. The van der Waals surface area contributed by atoms with Crippen molar-refractivity contribution in [3.8, 4) is 29.0 Å². The monoisotopic (exact) mass is 328 g/mol. The maximum Gasteiger partial charge on any atom is 0.268 e. The number of ether oxygens (including phenoxy) is 1. The Morgan fingerprint density at radius 3 is 2.48 bits per heavy atom. The van der Waals surface area contributed by atoms with Crippen molar-refractivity contribution in [3.05, 3.63) is 44.7 Å². The molecule has 0 spiro atoms. The van der Waals surface area contributed by atoms with E-state index >= 15 is 0 Å². The average Bonchev–Trinajstić information content (AvgIpc) is 2.48. The van der Waals surface area contributed by atoms with Crippen LogP contribution in [0.25, 0.3) is 11.1 Å². The number of nitrogens with two attached hydrogens (primary N) is 1. The molecule has 2 aromatic rings. The number of nitrogens with zero attached hydrogens (tertiary/aromatic N) is 2. The summed E-state index contributed by atoms with van der Waals surface area (Å²) in [4.78, 5) is 14.3. The number of anilines is 1. The molecular weight excluding hydrogens is 316 g/mol. The van der Waals surface area contributed by atoms with Gasteiger partial charge in [0.15, 0.2) is 0 Å². The summed E-state index contributed by atoms with van der Waals surface area (Å²) in [7, 11) is 0. The second kappa shape index (κ2) is 6.43. The summed E-state index contributed by atoms with van der Waals surface area (Å²) < 4.78 is 5.70. The number of benzene rings is 1. The van der Waals surface area contributed by atoms with Crippen molar-refractivity contribution in [2.45, 2.75) is 20.0 Å². The first-order valence-electron chi connectivity index (χ1n) is 6.71. The van der Waals surface area contributed by atoms with E-state index in [4.69, 9.17) is 22.1 Å². The molecule has 2 rings (SSSR count). The van der Waals surface area contributed by atoms with Crippen LogP contribution in [0.3, 0.4) is 0 Å². The molecule has 116 valence electrons. The Hall–Kier alpha value is -2.96. The standard InChI is InChI=1S/C16H13ClN4O2/c1-8(2)23-13-4-3-9(17)5-10(13)14-11(6-18)15(20)21-16(22)12(14)7-19/h3-5,8H,1-2H3,(H3,20,21,22). The van der Waals surface area contributed by atoms with Gasteiger partial charge in [0.2, 0.25) is 0 Å². The normalized spacial score (nSPS) is 10.2. The third-order valence-corrected chi connectivity index (χ3v) is 3.28. The molecule has 0 bridgehead atoms. The van der Waals surface area contributed by atoms with E-state index in [1.807, 2.05) is 26.0 Å². The number of hydrogen-bond acceptors (Lipinski definition) is 5. The van der Waals surface area contributed by atoms with Gasteiger partial charge in [-0.3, -0.25) is 4.79 Å². The Morgan fingerprint density at radius 2 is 1.91 bits per heavy atom. The molecule has 0 amide bonds. The average molecular weight is 329 g/mol. The molecule has 0 unspecified atom stereocenters. The molecule has 0 radical (unpaired) electrons. The van der Waals surface area contributed by atoms with Gasteiger partial charge in [0, 0.05) is 16.1 Å². The van der Waals surface area contributed by atoms with Crippen LogP contribution in [0.4, 0.5) is 5.82 Å². The number of pyridine rings is 1. The van der Waals surface area contributed by atoms with E-state index in [0.29, 0.717) is 16.3 Å². The summed E-state index contributed by atoms with van der Waals surface area (Å²) in [5.41, 5.74) is 5.32. The Kier molecular flexibility index (Phi) is 4.59. The number of H-pyrrole nitrogens is 1. The van der Waals surface area contributed by atoms with Gasteiger partial charge in [0.1, 0.15) is 34.8 Å². The number of nitriles is 2. The van der Waals surface area contributed by atoms with Crippen LogP contribution < -0.4 is 16.0 Å². The van der Waals surface area contributed by atoms with Crippen LogP contribution in [0.5, 0.6) is 5.75 Å². The molecule has 1 heterocycles. The van der Waals surface area contributed by atoms with E-state index in [9.17, 15) is 15.3 Å². The highest BCUT2D eigenvalue weighted by Crippen LogP contribution is 2.37. The zero-order valence-electron chi connectivity index (χ0n) is 12.5. The largest absolute Gasteiger partial charge is 0.490 e. The summed E-state index contributed by atoms with van der Waals surface area (Å²) in [6, 6.07) is 8.52. The lowest BCUT2D eigenvalue weighted by Crippen LogP contribution is -2.17. The smallest absolute Gasteiger partial charge is 0.268 e. The number of aromatic amines is 1. The second-order valence-corrected chi connectivity index (χ2v) is 5.46. The number of halogens is 1. The number of nitrogens with one attached hydrogen (secondary N) is 1. The lowest BCUT2D eigenvalue weighted by atomic mass is 9.96. The zero-order chi connectivity index (χ0) is 17.1. The Morgan fingerprint density at radius 1 is 1.26 bits per heavy atom. The molecular formula is C16H13ClN4O2. The first-order valence-corrected chi connectivity index (χ1v) is 7.09. The molecule has 0 saturated carbocycles. The first-order chi connectivity index (χ1) is 10.9. The minimum atomic E-state index is -0.672. The van der Waals surface area contributed by atoms with Crippen molar-refractivity contribution in [2.75, 3.05) is 5.73 Å². The van der Waals surface area contributed by atoms with Crippen molar-refractivity contribution in [3.63, 3.8) is 0 Å². The van der Waals surface area contributed by atoms with E-state index < -0.39 is 5.56 Å². The van der Waals surface area contributed by atoms with E-state index in [-0.39, 0.29) is 28.6 Å². The van der Waals surface area contributed by atoms with Gasteiger partial charge >= 0.3 is 0 Å². The van der Waals surface area contributed by atoms with Crippen LogP contribution in [0.15, 0.2) is 23.0 Å². The first kappa shape index (κ1) is 16.4. The van der Waals surface area contributed by atoms with Gasteiger partial charge in [-0.2, -0.15) is 10.5 Å². The molecule has 23 heavy (non-hydrogen) atoms. The Balaban J connectivity index is 2.92. The summed E-state index contributed by atoms with van der Waals surface area (Å²) in [6.07, 6.45) is -0.148. The maximum absolute atomic E-state index is 12.0. The zero-order valence-corrected chi connectivity index (χ0v) is 13.2. The van der Waals surface area contributed by atoms with Gasteiger partial charge in [0.25, 0.3) is 5.56 Å². The van der Waals surface area contributed by atoms with E-state index in [2.05, 4.69) is 4.98 Å². The molecule has 1 aromatic heterocycles. The Bertz CT molecular complexity index is 904. The fourth-order valence-corrected chi connectivity index (χ4v) is 2.34. The fraction of sp³-hybridized carbons (Fsp3) is 0.188. The summed E-state index contributed by atoms with van der Waals surface area (Å²) in [5, 5.41) is 19.1. The number of rotatable bonds is 3. The van der Waals surface area contributed by atoms with Crippen LogP contribution >= 0.6 is 11.6 Å². The highest BCUT2D eigenvalue weighted by molar-refractivity contribution is 6.31. The van der Waals surface area contributed by atoms with E-state index in [1.165, 1.54) is 6.07 Å². The molecule has 0 aliphatic rings. The van der Waals surface area contributed by atoms with Crippen LogP contribution in [-0.4, -0.2) is 11.1 Å². The van der Waals surface area contributed by atoms with Crippen molar-refractivity contribution in [1.29, 1.82) is 10.5 Å². The molecule has 0 aliphatic heterocycles. The number of nitrogen functional groups attached to an aromatic ring is 1. The summed E-state index contributed by atoms with van der Waals surface area (Å²) >= 11 is 6.04. The van der Waals surface area contributed by atoms with Crippen molar-refractivity contribution in [1.82, 2.24) is 4.98 Å². The van der Waals surface area contributed by atoms with Gasteiger partial charge in [-0.1, -0.05) is 11.6 Å². The van der Waals surface area contributed by atoms with Gasteiger partial charge in [-0.25, -0.2) is 0 Å². The SMILES string of the molecule is CC(C)Oc1ccc(Cl)cc1-c1c(C#N)c(N)[nH]c(=O)c1C#N. The molecule has 0 fully saturated rings. The van der Waals surface area contributed by atoms with Gasteiger partial charge in [-0.15, -0.1) is 0 Å². The highest BCUT2D eigenvalue weighted by atomic mass is 35.5. The third kappa shape index (κ3) is 3.13. The van der Waals surface area contributed by atoms with Crippen molar-refractivity contribution >= 4 is 17.4 Å². The minimum Gasteiger partial charge on any atom is -0.490 e. The van der Waals surface area contributed by atoms with Crippen LogP contribution in [0.2, 0.25) is 5.02 Å². The quantitative estimate of drug-likeness (QED) is 0.898. The maximum atomic E-state index is 12.0. The summed E-state index contributed by atoms with van der Waals surface area (Å²) in [6.45, 7) is 3.67. The molecule has 0 saturated heterocycles. The molecule has 0 atom stereocenters. The molecule has 7 heteroatoms. The van der Waals surface area contributed by atoms with Crippen molar-refractivity contribution < 1.29 is 4.74 Å². The molecule has 1 aromatic carbocycles. The number of hydrogen-bond donors (Lipinski definition) is 2. The lowest BCUT2D eigenvalue weighted by Gasteiger charge is -2.16. The van der Waals surface area contributed by atoms with E-state index in [1.54, 1.807) is 12.1 Å². The fourth-order valence-electron chi connectivity index (χ4n) is 2.17. The predicted molar refractivity (Wildman–Crippen MR) is 87.1 cm³/mol. The van der Waals surface area contributed by atoms with Gasteiger partial charge < -0.3 is 15.5 Å². The highest BCUT2D eigenvalue weighted by Gasteiger charge is 2.21. The molecule has 6 nitrogen and oxygen atoms in total. The van der Waals surface area contributed by atoms with Gasteiger partial charge in [-0.05, 0) is 32.0 Å². The van der Waals surface area contributed by atoms with Crippen molar-refractivity contribution in [2.24, 2.45) is 0 Å². The predicted octanol–water partition coefficient (Wildman–Crippen LogP) is 2.81. The van der Waals surface area contributed by atoms with Crippen LogP contribution in [0.1, 0.15) is 25.0 Å². The van der Waals surface area contributed by atoms with E-state index in [0.717, 1.165) is 0 Å². The third-order valence-electron chi connectivity index (χ3n) is 3.04. The topological polar surface area (TPSA) is 116 Å². The van der Waals surface area contributed by atoms with Crippen LogP contribution in [0, 0.1) is 22.7 Å². The molecule has 0 aliphatic carbocycles. The molecule has 3 N–H and O–H groups in total. The summed E-state index contributed by atoms with van der Waals surface area (Å²) in [5.74, 6) is 0.296. The Labute approximate surface area is 137 Å². The lowest BCUT2D eigenvalue weighted by molar-refractivity contribution is 0.243. The number of aromatic nitrogens is 1.